The van der Waals surface area contributed by atoms with Crippen LogP contribution in [0.4, 0.5) is 13.2 Å². The van der Waals surface area contributed by atoms with Crippen LogP contribution in [0, 0.1) is 0 Å². The Morgan fingerprint density at radius 3 is 2.57 bits per heavy atom. The number of nitrogens with two attached hydrogens (primary N) is 1. The molecule has 0 unspecified atom stereocenters. The number of carbonyl (C=O) groups excluding carboxylic acids is 1. The lowest BCUT2D eigenvalue weighted by molar-refractivity contribution is -0.274. The summed E-state index contributed by atoms with van der Waals surface area (Å²) in [5.74, 6) is -2.30. The number of hydrogen-bond acceptors (Lipinski definition) is 4. The van der Waals surface area contributed by atoms with E-state index in [0.29, 0.717) is 27.6 Å². The monoisotopic (exact) mass is 418 g/mol. The molecular formula is C20H13F3N2O5. The summed E-state index contributed by atoms with van der Waals surface area (Å²) in [5.41, 5.74) is 7.00. The van der Waals surface area contributed by atoms with Crippen molar-refractivity contribution in [1.29, 1.82) is 0 Å². The number of furan rings is 1. The number of nitrogens with zero attached hydrogens (tertiary/aromatic N) is 1. The summed E-state index contributed by atoms with van der Waals surface area (Å²) in [6, 6.07) is 9.85. The fourth-order valence-electron chi connectivity index (χ4n) is 3.35. The minimum Gasteiger partial charge on any atom is -0.481 e. The zero-order valence-corrected chi connectivity index (χ0v) is 15.1. The molecule has 0 aliphatic rings. The lowest BCUT2D eigenvalue weighted by Gasteiger charge is -2.12. The van der Waals surface area contributed by atoms with E-state index in [2.05, 4.69) is 4.74 Å². The van der Waals surface area contributed by atoms with E-state index in [0.717, 1.165) is 12.1 Å². The minimum atomic E-state index is -4.88. The van der Waals surface area contributed by atoms with Gasteiger partial charge in [0.1, 0.15) is 17.0 Å². The quantitative estimate of drug-likeness (QED) is 0.509. The zero-order chi connectivity index (χ0) is 21.6. The second-order valence-electron chi connectivity index (χ2n) is 6.51. The van der Waals surface area contributed by atoms with Gasteiger partial charge in [0.15, 0.2) is 0 Å². The molecule has 2 aromatic heterocycles. The average molecular weight is 418 g/mol. The number of ether oxygens (including phenoxy) is 1. The van der Waals surface area contributed by atoms with Gasteiger partial charge < -0.3 is 24.6 Å². The molecule has 7 nitrogen and oxygen atoms in total. The number of aromatic nitrogens is 1. The number of halogens is 3. The Balaban J connectivity index is 1.93. The first-order valence-electron chi connectivity index (χ1n) is 8.56. The third-order valence-corrected chi connectivity index (χ3v) is 4.50. The number of alkyl halides is 3. The first kappa shape index (κ1) is 19.4. The van der Waals surface area contributed by atoms with Gasteiger partial charge in [0.25, 0.3) is 5.91 Å². The molecule has 4 rings (SSSR count). The largest absolute Gasteiger partial charge is 0.573 e. The van der Waals surface area contributed by atoms with E-state index in [1.165, 1.54) is 23.0 Å². The Hall–Kier alpha value is -3.95. The second kappa shape index (κ2) is 6.83. The highest BCUT2D eigenvalue weighted by Gasteiger charge is 2.31. The van der Waals surface area contributed by atoms with Gasteiger partial charge in [0.05, 0.1) is 18.2 Å². The predicted molar refractivity (Wildman–Crippen MR) is 99.6 cm³/mol. The van der Waals surface area contributed by atoms with Crippen LogP contribution in [0.1, 0.15) is 16.1 Å². The van der Waals surface area contributed by atoms with E-state index in [1.807, 2.05) is 0 Å². The number of amides is 1. The smallest absolute Gasteiger partial charge is 0.481 e. The van der Waals surface area contributed by atoms with Crippen molar-refractivity contribution < 1.29 is 37.0 Å². The summed E-state index contributed by atoms with van der Waals surface area (Å²) in [5, 5.41) is 10.0. The molecule has 10 heteroatoms. The standard InChI is InChI=1S/C20H13F3N2O5/c21-20(22,23)30-13-3-1-10-5-16(19(24)28)25(15(10)8-13)12-2-4-17-14(7-12)11(9-29-17)6-18(26)27/h1-5,7-9H,6H2,(H2,24,28)(H,26,27). The van der Waals surface area contributed by atoms with Crippen LogP contribution in [-0.4, -0.2) is 27.9 Å². The van der Waals surface area contributed by atoms with Crippen LogP contribution >= 0.6 is 0 Å². The summed E-state index contributed by atoms with van der Waals surface area (Å²) < 4.78 is 48.6. The van der Waals surface area contributed by atoms with Crippen LogP contribution in [0.3, 0.4) is 0 Å². The number of benzene rings is 2. The molecule has 0 atom stereocenters. The van der Waals surface area contributed by atoms with Crippen LogP contribution < -0.4 is 10.5 Å². The predicted octanol–water partition coefficient (Wildman–Crippen LogP) is 4.00. The molecule has 0 saturated carbocycles. The molecule has 30 heavy (non-hydrogen) atoms. The van der Waals surface area contributed by atoms with E-state index in [4.69, 9.17) is 15.3 Å². The van der Waals surface area contributed by atoms with Gasteiger partial charge in [0.2, 0.25) is 0 Å². The molecular weight excluding hydrogens is 405 g/mol. The summed E-state index contributed by atoms with van der Waals surface area (Å²) in [6.45, 7) is 0. The molecule has 0 aliphatic carbocycles. The van der Waals surface area contributed by atoms with Gasteiger partial charge in [-0.05, 0) is 36.4 Å². The minimum absolute atomic E-state index is 0.0387. The fourth-order valence-corrected chi connectivity index (χ4v) is 3.35. The molecule has 0 radical (unpaired) electrons. The van der Waals surface area contributed by atoms with Gasteiger partial charge in [-0.15, -0.1) is 13.2 Å². The molecule has 154 valence electrons. The van der Waals surface area contributed by atoms with Gasteiger partial charge >= 0.3 is 12.3 Å². The molecule has 2 aromatic carbocycles. The van der Waals surface area contributed by atoms with Gasteiger partial charge in [0, 0.05) is 28.1 Å². The van der Waals surface area contributed by atoms with Crippen LogP contribution in [-0.2, 0) is 11.2 Å². The lowest BCUT2D eigenvalue weighted by atomic mass is 10.1. The summed E-state index contributed by atoms with van der Waals surface area (Å²) in [4.78, 5) is 23.1. The topological polar surface area (TPSA) is 108 Å². The van der Waals surface area contributed by atoms with Gasteiger partial charge in [-0.3, -0.25) is 9.59 Å². The maximum atomic E-state index is 12.6. The molecule has 0 spiro atoms. The van der Waals surface area contributed by atoms with Gasteiger partial charge in [-0.1, -0.05) is 0 Å². The zero-order valence-electron chi connectivity index (χ0n) is 15.1. The maximum Gasteiger partial charge on any atom is 0.573 e. The molecule has 0 aliphatic heterocycles. The molecule has 0 bridgehead atoms. The van der Waals surface area contributed by atoms with Crippen LogP contribution in [0.15, 0.2) is 53.1 Å². The van der Waals surface area contributed by atoms with Crippen LogP contribution in [0.5, 0.6) is 5.75 Å². The Kier molecular flexibility index (Phi) is 4.41. The van der Waals surface area contributed by atoms with Crippen molar-refractivity contribution in [2.45, 2.75) is 12.8 Å². The molecule has 2 heterocycles. The number of carboxylic acids is 1. The van der Waals surface area contributed by atoms with Crippen LogP contribution in [0.25, 0.3) is 27.6 Å². The molecule has 3 N–H and O–H groups in total. The Bertz CT molecular complexity index is 1300. The lowest BCUT2D eigenvalue weighted by Crippen LogP contribution is -2.17. The highest BCUT2D eigenvalue weighted by atomic mass is 19.4. The highest BCUT2D eigenvalue weighted by molar-refractivity contribution is 6.00. The van der Waals surface area contributed by atoms with E-state index < -0.39 is 24.0 Å². The van der Waals surface area contributed by atoms with Gasteiger partial charge in [-0.25, -0.2) is 0 Å². The summed E-state index contributed by atoms with van der Waals surface area (Å²) in [6.07, 6.45) is -3.84. The van der Waals surface area contributed by atoms with E-state index in [1.54, 1.807) is 18.2 Å². The number of carbonyl (C=O) groups is 2. The third kappa shape index (κ3) is 3.54. The number of aliphatic carboxylic acids is 1. The summed E-state index contributed by atoms with van der Waals surface area (Å²) >= 11 is 0. The first-order valence-corrected chi connectivity index (χ1v) is 8.56. The van der Waals surface area contributed by atoms with Crippen molar-refractivity contribution in [3.8, 4) is 11.4 Å². The maximum absolute atomic E-state index is 12.6. The van der Waals surface area contributed by atoms with Gasteiger partial charge in [-0.2, -0.15) is 0 Å². The first-order chi connectivity index (χ1) is 14.1. The second-order valence-corrected chi connectivity index (χ2v) is 6.51. The summed E-state index contributed by atoms with van der Waals surface area (Å²) in [7, 11) is 0. The molecule has 4 aromatic rings. The number of hydrogen-bond donors (Lipinski definition) is 2. The van der Waals surface area contributed by atoms with Crippen molar-refractivity contribution in [2.75, 3.05) is 0 Å². The molecule has 0 saturated heterocycles. The highest BCUT2D eigenvalue weighted by Crippen LogP contribution is 2.32. The fraction of sp³-hybridized carbons (Fsp3) is 0.100. The van der Waals surface area contributed by atoms with E-state index in [-0.39, 0.29) is 17.6 Å². The van der Waals surface area contributed by atoms with Crippen molar-refractivity contribution in [1.82, 2.24) is 4.57 Å². The normalized spacial score (nSPS) is 11.8. The van der Waals surface area contributed by atoms with E-state index in [9.17, 15) is 22.8 Å². The van der Waals surface area contributed by atoms with Crippen molar-refractivity contribution in [3.63, 3.8) is 0 Å². The number of primary amides is 1. The third-order valence-electron chi connectivity index (χ3n) is 4.50. The number of fused-ring (bicyclic) bond motifs is 2. The Morgan fingerprint density at radius 2 is 1.90 bits per heavy atom. The Labute approximate surface area is 166 Å². The van der Waals surface area contributed by atoms with Crippen LogP contribution in [0.2, 0.25) is 0 Å². The van der Waals surface area contributed by atoms with Crippen molar-refractivity contribution in [2.24, 2.45) is 5.73 Å². The van der Waals surface area contributed by atoms with E-state index >= 15 is 0 Å². The number of carboxylic acid groups (broad SMARTS) is 1. The number of rotatable bonds is 5. The van der Waals surface area contributed by atoms with Crippen molar-refractivity contribution >= 4 is 33.7 Å². The molecule has 1 amide bonds. The Morgan fingerprint density at radius 1 is 1.13 bits per heavy atom. The SMILES string of the molecule is NC(=O)c1cc2ccc(OC(F)(F)F)cc2n1-c1ccc2occ(CC(=O)O)c2c1. The average Bonchev–Trinajstić information content (AvgIpc) is 3.21. The van der Waals surface area contributed by atoms with Crippen molar-refractivity contribution in [3.05, 3.63) is 60.0 Å². The molecule has 0 fully saturated rings.